The predicted molar refractivity (Wildman–Crippen MR) is 84.5 cm³/mol. The van der Waals surface area contributed by atoms with E-state index in [2.05, 4.69) is 28.1 Å². The van der Waals surface area contributed by atoms with Crippen LogP contribution >= 0.6 is 0 Å². The summed E-state index contributed by atoms with van der Waals surface area (Å²) in [5.74, 6) is 0.963. The van der Waals surface area contributed by atoms with Gasteiger partial charge in [-0.15, -0.1) is 0 Å². The van der Waals surface area contributed by atoms with E-state index in [4.69, 9.17) is 4.74 Å². The van der Waals surface area contributed by atoms with Gasteiger partial charge in [0, 0.05) is 25.6 Å². The molecule has 0 saturated heterocycles. The number of nitrogens with zero attached hydrogens (tertiary/aromatic N) is 2. The minimum Gasteiger partial charge on any atom is -0.390 e. The highest BCUT2D eigenvalue weighted by Crippen LogP contribution is 2.27. The molecule has 2 heterocycles. The highest BCUT2D eigenvalue weighted by molar-refractivity contribution is 5.92. The number of benzene rings is 1. The fourth-order valence-corrected chi connectivity index (χ4v) is 2.78. The van der Waals surface area contributed by atoms with E-state index >= 15 is 0 Å². The molecule has 0 saturated carbocycles. The van der Waals surface area contributed by atoms with Gasteiger partial charge in [-0.3, -0.25) is 0 Å². The lowest BCUT2D eigenvalue weighted by Gasteiger charge is -2.28. The maximum absolute atomic E-state index is 9.42. The van der Waals surface area contributed by atoms with Crippen molar-refractivity contribution in [2.24, 2.45) is 0 Å². The van der Waals surface area contributed by atoms with Gasteiger partial charge < -0.3 is 14.7 Å². The van der Waals surface area contributed by atoms with Crippen LogP contribution in [-0.4, -0.2) is 36.9 Å². The number of hydrogen-bond acceptors (Lipinski definition) is 4. The molecule has 3 rings (SSSR count). The molecule has 0 unspecified atom stereocenters. The van der Waals surface area contributed by atoms with E-state index in [9.17, 15) is 5.11 Å². The smallest absolute Gasteiger partial charge is 0.137 e. The third kappa shape index (κ3) is 2.91. The van der Waals surface area contributed by atoms with Gasteiger partial charge in [-0.05, 0) is 23.4 Å². The number of aliphatic hydroxyl groups is 1. The van der Waals surface area contributed by atoms with Crippen LogP contribution in [0.5, 0.6) is 0 Å². The molecular weight excluding hydrogens is 264 g/mol. The molecule has 1 aromatic carbocycles. The Balaban J connectivity index is 1.97. The quantitative estimate of drug-likeness (QED) is 0.876. The monoisotopic (exact) mass is 284 g/mol. The second-order valence-corrected chi connectivity index (χ2v) is 5.31. The van der Waals surface area contributed by atoms with Crippen LogP contribution in [0.2, 0.25) is 0 Å². The zero-order valence-corrected chi connectivity index (χ0v) is 12.2. The van der Waals surface area contributed by atoms with Gasteiger partial charge in [0.2, 0.25) is 0 Å². The lowest BCUT2D eigenvalue weighted by Crippen LogP contribution is -2.30. The first-order chi connectivity index (χ1) is 10.3. The molecule has 0 aliphatic carbocycles. The zero-order chi connectivity index (χ0) is 14.7. The topological polar surface area (TPSA) is 45.6 Å². The van der Waals surface area contributed by atoms with Crippen molar-refractivity contribution < 1.29 is 9.84 Å². The van der Waals surface area contributed by atoms with Crippen LogP contribution in [0.15, 0.2) is 42.0 Å². The number of aromatic nitrogens is 1. The van der Waals surface area contributed by atoms with Gasteiger partial charge in [0.25, 0.3) is 0 Å². The van der Waals surface area contributed by atoms with Crippen molar-refractivity contribution in [2.45, 2.75) is 13.0 Å². The number of pyridine rings is 1. The molecule has 2 aromatic rings. The summed E-state index contributed by atoms with van der Waals surface area (Å²) in [6.45, 7) is 2.45. The average Bonchev–Trinajstić information content (AvgIpc) is 2.55. The lowest BCUT2D eigenvalue weighted by molar-refractivity contribution is 0.222. The summed E-state index contributed by atoms with van der Waals surface area (Å²) in [6.07, 6.45) is 3.21. The molecule has 110 valence electrons. The molecule has 1 N–H and O–H groups in total. The van der Waals surface area contributed by atoms with Crippen LogP contribution in [0.25, 0.3) is 10.8 Å². The molecule has 0 radical (unpaired) electrons. The van der Waals surface area contributed by atoms with Gasteiger partial charge in [0.15, 0.2) is 0 Å². The Morgan fingerprint density at radius 3 is 2.90 bits per heavy atom. The third-order valence-electron chi connectivity index (χ3n) is 3.87. The summed E-state index contributed by atoms with van der Waals surface area (Å²) in [7, 11) is 1.73. The van der Waals surface area contributed by atoms with Gasteiger partial charge in [-0.1, -0.05) is 30.3 Å². The van der Waals surface area contributed by atoms with E-state index < -0.39 is 0 Å². The first-order valence-electron chi connectivity index (χ1n) is 7.23. The summed E-state index contributed by atoms with van der Waals surface area (Å²) >= 11 is 0. The highest BCUT2D eigenvalue weighted by atomic mass is 16.5. The summed E-state index contributed by atoms with van der Waals surface area (Å²) < 4.78 is 5.19. The molecule has 21 heavy (non-hydrogen) atoms. The number of aliphatic hydroxyl groups excluding tert-OH is 1. The maximum Gasteiger partial charge on any atom is 0.137 e. The fourth-order valence-electron chi connectivity index (χ4n) is 2.78. The second-order valence-electron chi connectivity index (χ2n) is 5.31. The molecule has 0 amide bonds. The van der Waals surface area contributed by atoms with Crippen molar-refractivity contribution in [2.75, 3.05) is 31.7 Å². The van der Waals surface area contributed by atoms with Gasteiger partial charge in [0.1, 0.15) is 5.82 Å². The minimum atomic E-state index is -0.0313. The van der Waals surface area contributed by atoms with Gasteiger partial charge in [-0.2, -0.15) is 0 Å². The standard InChI is InChI=1S/C17H20N2O2/c1-21-12-13-6-8-19(9-7-13)17-16-5-3-2-4-14(16)10-15(11-20)18-17/h2-6,10,20H,7-9,11-12H2,1H3. The Bertz CT molecular complexity index is 667. The molecule has 1 aromatic heterocycles. The average molecular weight is 284 g/mol. The molecule has 4 heteroatoms. The van der Waals surface area contributed by atoms with E-state index in [0.717, 1.165) is 41.8 Å². The zero-order valence-electron chi connectivity index (χ0n) is 12.2. The van der Waals surface area contributed by atoms with Crippen molar-refractivity contribution in [1.82, 2.24) is 4.98 Å². The van der Waals surface area contributed by atoms with Crippen LogP contribution in [-0.2, 0) is 11.3 Å². The largest absolute Gasteiger partial charge is 0.390 e. The molecular formula is C17H20N2O2. The van der Waals surface area contributed by atoms with Gasteiger partial charge in [-0.25, -0.2) is 4.98 Å². The van der Waals surface area contributed by atoms with Gasteiger partial charge >= 0.3 is 0 Å². The number of anilines is 1. The number of hydrogen-bond donors (Lipinski definition) is 1. The van der Waals surface area contributed by atoms with E-state index in [1.165, 1.54) is 5.57 Å². The van der Waals surface area contributed by atoms with E-state index in [1.54, 1.807) is 7.11 Å². The van der Waals surface area contributed by atoms with E-state index in [1.807, 2.05) is 18.2 Å². The van der Waals surface area contributed by atoms with Crippen molar-refractivity contribution in [3.63, 3.8) is 0 Å². The van der Waals surface area contributed by atoms with Crippen molar-refractivity contribution in [3.8, 4) is 0 Å². The van der Waals surface area contributed by atoms with Gasteiger partial charge in [0.05, 0.1) is 18.9 Å². The Hall–Kier alpha value is -1.91. The Morgan fingerprint density at radius 2 is 2.19 bits per heavy atom. The molecule has 0 spiro atoms. The van der Waals surface area contributed by atoms with E-state index in [-0.39, 0.29) is 6.61 Å². The van der Waals surface area contributed by atoms with Crippen molar-refractivity contribution in [1.29, 1.82) is 0 Å². The number of ether oxygens (including phenoxy) is 1. The summed E-state index contributed by atoms with van der Waals surface area (Å²) in [6, 6.07) is 10.2. The predicted octanol–water partition coefficient (Wildman–Crippen LogP) is 2.51. The molecule has 1 aliphatic heterocycles. The summed E-state index contributed by atoms with van der Waals surface area (Å²) in [5.41, 5.74) is 2.06. The SMILES string of the molecule is COCC1=CCN(c2nc(CO)cc3ccccc23)CC1. The molecule has 0 bridgehead atoms. The van der Waals surface area contributed by atoms with Crippen LogP contribution in [0.3, 0.4) is 0 Å². The number of rotatable bonds is 4. The van der Waals surface area contributed by atoms with Crippen LogP contribution < -0.4 is 4.90 Å². The first-order valence-corrected chi connectivity index (χ1v) is 7.23. The highest BCUT2D eigenvalue weighted by Gasteiger charge is 2.16. The Morgan fingerprint density at radius 1 is 1.33 bits per heavy atom. The van der Waals surface area contributed by atoms with Crippen LogP contribution in [0.4, 0.5) is 5.82 Å². The summed E-state index contributed by atoms with van der Waals surface area (Å²) in [4.78, 5) is 6.89. The Labute approximate surface area is 124 Å². The lowest BCUT2D eigenvalue weighted by atomic mass is 10.1. The molecule has 0 fully saturated rings. The third-order valence-corrected chi connectivity index (χ3v) is 3.87. The van der Waals surface area contributed by atoms with Crippen LogP contribution in [0, 0.1) is 0 Å². The molecule has 4 nitrogen and oxygen atoms in total. The number of methoxy groups -OCH3 is 1. The minimum absolute atomic E-state index is 0.0313. The number of fused-ring (bicyclic) bond motifs is 1. The fraction of sp³-hybridized carbons (Fsp3) is 0.353. The summed E-state index contributed by atoms with van der Waals surface area (Å²) in [5, 5.41) is 11.7. The maximum atomic E-state index is 9.42. The second kappa shape index (κ2) is 6.24. The Kier molecular flexibility index (Phi) is 4.18. The molecule has 0 atom stereocenters. The van der Waals surface area contributed by atoms with Crippen molar-refractivity contribution >= 4 is 16.6 Å². The van der Waals surface area contributed by atoms with Crippen LogP contribution in [0.1, 0.15) is 12.1 Å². The molecule has 1 aliphatic rings. The normalized spacial score (nSPS) is 15.3. The first kappa shape index (κ1) is 14.0. The van der Waals surface area contributed by atoms with Crippen molar-refractivity contribution in [3.05, 3.63) is 47.7 Å². The van der Waals surface area contributed by atoms with E-state index in [0.29, 0.717) is 6.61 Å².